The van der Waals surface area contributed by atoms with E-state index in [-0.39, 0.29) is 10.9 Å². The van der Waals surface area contributed by atoms with E-state index in [0.29, 0.717) is 12.5 Å². The second-order valence-electron chi connectivity index (χ2n) is 5.26. The van der Waals surface area contributed by atoms with Gasteiger partial charge in [0.2, 0.25) is 5.96 Å². The molecule has 6 heteroatoms. The molecule has 0 saturated heterocycles. The standard InChI is InChI=1S/C14H21N3O2S/c1-11(2)17-10-4-9-15-14(17)16-20(18,19)13-7-5-12(3)6-8-13/h5-8,11H,4,9-10H2,1-3H3,(H,15,16). The summed E-state index contributed by atoms with van der Waals surface area (Å²) in [6.45, 7) is 7.47. The van der Waals surface area contributed by atoms with Crippen LogP contribution < -0.4 is 4.72 Å². The minimum atomic E-state index is -3.57. The number of nitrogens with one attached hydrogen (secondary N) is 1. The Labute approximate surface area is 120 Å². The first-order valence-electron chi connectivity index (χ1n) is 6.81. The first kappa shape index (κ1) is 14.8. The first-order valence-corrected chi connectivity index (χ1v) is 8.29. The predicted molar refractivity (Wildman–Crippen MR) is 80.3 cm³/mol. The summed E-state index contributed by atoms with van der Waals surface area (Å²) in [5.41, 5.74) is 1.03. The molecule has 0 unspecified atom stereocenters. The Hall–Kier alpha value is -1.56. The van der Waals surface area contributed by atoms with Crippen molar-refractivity contribution in [2.45, 2.75) is 38.1 Å². The highest BCUT2D eigenvalue weighted by Crippen LogP contribution is 2.12. The Balaban J connectivity index is 2.23. The van der Waals surface area contributed by atoms with E-state index in [0.717, 1.165) is 18.5 Å². The first-order chi connectivity index (χ1) is 9.40. The van der Waals surface area contributed by atoms with Crippen molar-refractivity contribution in [2.75, 3.05) is 13.1 Å². The minimum Gasteiger partial charge on any atom is -0.340 e. The van der Waals surface area contributed by atoms with E-state index in [9.17, 15) is 8.42 Å². The van der Waals surface area contributed by atoms with Crippen LogP contribution in [0.25, 0.3) is 0 Å². The molecular weight excluding hydrogens is 274 g/mol. The number of aliphatic imine (C=N–C) groups is 1. The Morgan fingerprint density at radius 1 is 1.25 bits per heavy atom. The number of rotatable bonds is 3. The van der Waals surface area contributed by atoms with Crippen molar-refractivity contribution in [3.63, 3.8) is 0 Å². The number of hydrogen-bond acceptors (Lipinski definition) is 4. The molecule has 1 aliphatic rings. The van der Waals surface area contributed by atoms with Crippen LogP contribution in [0.2, 0.25) is 0 Å². The van der Waals surface area contributed by atoms with E-state index < -0.39 is 10.0 Å². The lowest BCUT2D eigenvalue weighted by Crippen LogP contribution is -2.49. The van der Waals surface area contributed by atoms with Crippen LogP contribution in [0.3, 0.4) is 0 Å². The lowest BCUT2D eigenvalue weighted by atomic mass is 10.2. The van der Waals surface area contributed by atoms with Crippen molar-refractivity contribution in [1.29, 1.82) is 0 Å². The number of benzene rings is 1. The Morgan fingerprint density at radius 3 is 2.50 bits per heavy atom. The van der Waals surface area contributed by atoms with E-state index in [4.69, 9.17) is 0 Å². The van der Waals surface area contributed by atoms with Crippen LogP contribution in [0, 0.1) is 6.92 Å². The Kier molecular flexibility index (Phi) is 4.32. The molecule has 0 amide bonds. The van der Waals surface area contributed by atoms with E-state index >= 15 is 0 Å². The van der Waals surface area contributed by atoms with Gasteiger partial charge in [0, 0.05) is 19.1 Å². The molecule has 1 N–H and O–H groups in total. The highest BCUT2D eigenvalue weighted by atomic mass is 32.2. The molecule has 1 aliphatic heterocycles. The molecule has 0 bridgehead atoms. The lowest BCUT2D eigenvalue weighted by molar-refractivity contribution is 0.325. The summed E-state index contributed by atoms with van der Waals surface area (Å²) in [4.78, 5) is 6.56. The third kappa shape index (κ3) is 3.30. The number of guanidine groups is 1. The van der Waals surface area contributed by atoms with Gasteiger partial charge >= 0.3 is 0 Å². The molecule has 2 rings (SSSR count). The number of hydrogen-bond donors (Lipinski definition) is 1. The fourth-order valence-electron chi connectivity index (χ4n) is 2.11. The van der Waals surface area contributed by atoms with Crippen molar-refractivity contribution in [2.24, 2.45) is 4.99 Å². The molecule has 1 aromatic carbocycles. The topological polar surface area (TPSA) is 61.8 Å². The highest BCUT2D eigenvalue weighted by molar-refractivity contribution is 7.90. The van der Waals surface area contributed by atoms with Gasteiger partial charge in [0.25, 0.3) is 10.0 Å². The maximum Gasteiger partial charge on any atom is 0.264 e. The Morgan fingerprint density at radius 2 is 1.90 bits per heavy atom. The van der Waals surface area contributed by atoms with Crippen molar-refractivity contribution < 1.29 is 8.42 Å². The van der Waals surface area contributed by atoms with Crippen molar-refractivity contribution in [3.05, 3.63) is 29.8 Å². The van der Waals surface area contributed by atoms with Crippen LogP contribution in [0.5, 0.6) is 0 Å². The summed E-state index contributed by atoms with van der Waals surface area (Å²) in [6, 6.07) is 7.02. The molecular formula is C14H21N3O2S. The average Bonchev–Trinajstić information content (AvgIpc) is 2.39. The van der Waals surface area contributed by atoms with Crippen LogP contribution in [0.1, 0.15) is 25.8 Å². The van der Waals surface area contributed by atoms with Crippen LogP contribution in [-0.2, 0) is 10.0 Å². The van der Waals surface area contributed by atoms with Gasteiger partial charge in [-0.15, -0.1) is 0 Å². The molecule has 20 heavy (non-hydrogen) atoms. The quantitative estimate of drug-likeness (QED) is 0.924. The van der Waals surface area contributed by atoms with Crippen molar-refractivity contribution in [1.82, 2.24) is 9.62 Å². The maximum atomic E-state index is 12.4. The second kappa shape index (κ2) is 5.83. The average molecular weight is 295 g/mol. The van der Waals surface area contributed by atoms with Gasteiger partial charge < -0.3 is 4.90 Å². The summed E-state index contributed by atoms with van der Waals surface area (Å²) in [5.74, 6) is 0.451. The summed E-state index contributed by atoms with van der Waals surface area (Å²) in [6.07, 6.45) is 0.952. The number of sulfonamides is 1. The second-order valence-corrected chi connectivity index (χ2v) is 6.95. The summed E-state index contributed by atoms with van der Waals surface area (Å²) in [7, 11) is -3.57. The SMILES string of the molecule is Cc1ccc(S(=O)(=O)NC2=NCCCN2C(C)C)cc1. The molecule has 0 atom stereocenters. The molecule has 0 fully saturated rings. The van der Waals surface area contributed by atoms with Crippen LogP contribution >= 0.6 is 0 Å². The summed E-state index contributed by atoms with van der Waals surface area (Å²) in [5, 5.41) is 0. The van der Waals surface area contributed by atoms with Gasteiger partial charge in [0.1, 0.15) is 0 Å². The molecule has 110 valence electrons. The summed E-state index contributed by atoms with van der Waals surface area (Å²) >= 11 is 0. The zero-order valence-corrected chi connectivity index (χ0v) is 12.9. The molecule has 0 aliphatic carbocycles. The molecule has 1 heterocycles. The molecule has 5 nitrogen and oxygen atoms in total. The minimum absolute atomic E-state index is 0.217. The number of nitrogens with zero attached hydrogens (tertiary/aromatic N) is 2. The zero-order chi connectivity index (χ0) is 14.8. The largest absolute Gasteiger partial charge is 0.340 e. The predicted octanol–water partition coefficient (Wildman–Crippen LogP) is 1.74. The van der Waals surface area contributed by atoms with Gasteiger partial charge in [-0.05, 0) is 39.3 Å². The van der Waals surface area contributed by atoms with Gasteiger partial charge in [-0.3, -0.25) is 4.99 Å². The third-order valence-corrected chi connectivity index (χ3v) is 4.62. The van der Waals surface area contributed by atoms with Crippen molar-refractivity contribution >= 4 is 16.0 Å². The van der Waals surface area contributed by atoms with E-state index in [2.05, 4.69) is 9.71 Å². The molecule has 0 saturated carbocycles. The fourth-order valence-corrected chi connectivity index (χ4v) is 3.15. The zero-order valence-electron chi connectivity index (χ0n) is 12.1. The smallest absolute Gasteiger partial charge is 0.264 e. The summed E-state index contributed by atoms with van der Waals surface area (Å²) < 4.78 is 27.3. The van der Waals surface area contributed by atoms with E-state index in [1.165, 1.54) is 0 Å². The van der Waals surface area contributed by atoms with Gasteiger partial charge in [0.05, 0.1) is 4.90 Å². The van der Waals surface area contributed by atoms with Crippen LogP contribution in [-0.4, -0.2) is 38.4 Å². The molecule has 0 aromatic heterocycles. The Bertz CT molecular complexity index is 591. The molecule has 0 radical (unpaired) electrons. The maximum absolute atomic E-state index is 12.4. The van der Waals surface area contributed by atoms with Gasteiger partial charge in [-0.25, -0.2) is 13.1 Å². The lowest BCUT2D eigenvalue weighted by Gasteiger charge is -2.32. The van der Waals surface area contributed by atoms with Crippen LogP contribution in [0.15, 0.2) is 34.2 Å². The molecule has 0 spiro atoms. The third-order valence-electron chi connectivity index (χ3n) is 3.27. The normalized spacial score (nSPS) is 16.2. The number of aryl methyl sites for hydroxylation is 1. The van der Waals surface area contributed by atoms with Gasteiger partial charge in [-0.2, -0.15) is 0 Å². The highest BCUT2D eigenvalue weighted by Gasteiger charge is 2.23. The fraction of sp³-hybridized carbons (Fsp3) is 0.500. The van der Waals surface area contributed by atoms with Crippen LogP contribution in [0.4, 0.5) is 0 Å². The van der Waals surface area contributed by atoms with E-state index in [1.807, 2.05) is 25.7 Å². The monoisotopic (exact) mass is 295 g/mol. The van der Waals surface area contributed by atoms with Crippen molar-refractivity contribution in [3.8, 4) is 0 Å². The molecule has 1 aromatic rings. The van der Waals surface area contributed by atoms with E-state index in [1.54, 1.807) is 24.3 Å². The van der Waals surface area contributed by atoms with Gasteiger partial charge in [-0.1, -0.05) is 17.7 Å². The van der Waals surface area contributed by atoms with Gasteiger partial charge in [0.15, 0.2) is 0 Å².